The first-order valence-corrected chi connectivity index (χ1v) is 8.91. The summed E-state index contributed by atoms with van der Waals surface area (Å²) >= 11 is 0. The fourth-order valence-electron chi connectivity index (χ4n) is 2.27. The third-order valence-corrected chi connectivity index (χ3v) is 3.62. The van der Waals surface area contributed by atoms with E-state index in [9.17, 15) is 14.4 Å². The monoisotopic (exact) mass is 384 g/mol. The van der Waals surface area contributed by atoms with Gasteiger partial charge >= 0.3 is 5.97 Å². The number of hydrogen-bond donors (Lipinski definition) is 2. The normalized spacial score (nSPS) is 10.3. The molecule has 0 fully saturated rings. The van der Waals surface area contributed by atoms with Crippen LogP contribution in [0.4, 0.5) is 5.69 Å². The summed E-state index contributed by atoms with van der Waals surface area (Å²) in [5.74, 6) is -0.458. The summed E-state index contributed by atoms with van der Waals surface area (Å²) in [6.45, 7) is 4.15. The van der Waals surface area contributed by atoms with Crippen molar-refractivity contribution in [2.24, 2.45) is 5.92 Å². The molecule has 0 saturated heterocycles. The zero-order valence-electron chi connectivity index (χ0n) is 16.2. The Bertz CT molecular complexity index is 848. The lowest BCUT2D eigenvalue weighted by Gasteiger charge is -2.10. The van der Waals surface area contributed by atoms with E-state index in [1.807, 2.05) is 13.8 Å². The van der Waals surface area contributed by atoms with Crippen LogP contribution in [0, 0.1) is 5.92 Å². The van der Waals surface area contributed by atoms with Gasteiger partial charge in [0.15, 0.2) is 6.61 Å². The van der Waals surface area contributed by atoms with Crippen LogP contribution in [-0.4, -0.2) is 38.0 Å². The number of carbonyl (C=O) groups is 3. The molecule has 148 valence electrons. The van der Waals surface area contributed by atoms with Gasteiger partial charge in [0.25, 0.3) is 11.8 Å². The number of esters is 1. The van der Waals surface area contributed by atoms with Crippen LogP contribution in [0.1, 0.15) is 34.6 Å². The zero-order valence-corrected chi connectivity index (χ0v) is 16.2. The number of nitrogens with one attached hydrogen (secondary N) is 2. The van der Waals surface area contributed by atoms with Gasteiger partial charge in [-0.3, -0.25) is 9.59 Å². The van der Waals surface area contributed by atoms with Gasteiger partial charge in [-0.05, 0) is 42.3 Å². The van der Waals surface area contributed by atoms with Crippen LogP contribution in [0.15, 0.2) is 48.5 Å². The molecule has 0 unspecified atom stereocenters. The first kappa shape index (κ1) is 21.0. The molecule has 2 N–H and O–H groups in total. The first-order chi connectivity index (χ1) is 13.4. The first-order valence-electron chi connectivity index (χ1n) is 8.91. The molecule has 0 atom stereocenters. The summed E-state index contributed by atoms with van der Waals surface area (Å²) in [5.41, 5.74) is 1.15. The summed E-state index contributed by atoms with van der Waals surface area (Å²) in [6, 6.07) is 13.1. The van der Waals surface area contributed by atoms with Gasteiger partial charge in [0, 0.05) is 18.3 Å². The van der Waals surface area contributed by atoms with Gasteiger partial charge in [-0.2, -0.15) is 0 Å². The van der Waals surface area contributed by atoms with Crippen molar-refractivity contribution in [2.75, 3.05) is 25.6 Å². The van der Waals surface area contributed by atoms with Crippen LogP contribution in [0.2, 0.25) is 0 Å². The summed E-state index contributed by atoms with van der Waals surface area (Å²) in [7, 11) is 1.52. The maximum absolute atomic E-state index is 12.2. The Morgan fingerprint density at radius 3 is 2.43 bits per heavy atom. The van der Waals surface area contributed by atoms with Crippen LogP contribution in [0.3, 0.4) is 0 Å². The van der Waals surface area contributed by atoms with Gasteiger partial charge in [0.2, 0.25) is 0 Å². The largest absolute Gasteiger partial charge is 0.493 e. The number of hydrogen-bond acceptors (Lipinski definition) is 5. The van der Waals surface area contributed by atoms with Gasteiger partial charge < -0.3 is 20.1 Å². The predicted molar refractivity (Wildman–Crippen MR) is 106 cm³/mol. The van der Waals surface area contributed by atoms with Crippen LogP contribution in [0.25, 0.3) is 0 Å². The number of carbonyl (C=O) groups excluding carboxylic acids is 3. The molecule has 0 saturated carbocycles. The number of rotatable bonds is 8. The van der Waals surface area contributed by atoms with E-state index in [4.69, 9.17) is 9.47 Å². The molecular formula is C21H24N2O5. The lowest BCUT2D eigenvalue weighted by Crippen LogP contribution is -2.22. The Balaban J connectivity index is 1.90. The van der Waals surface area contributed by atoms with Crippen molar-refractivity contribution in [3.05, 3.63) is 59.7 Å². The average Bonchev–Trinajstić information content (AvgIpc) is 2.70. The summed E-state index contributed by atoms with van der Waals surface area (Å²) in [6.07, 6.45) is 0. The van der Waals surface area contributed by atoms with Gasteiger partial charge in [-0.15, -0.1) is 0 Å². The van der Waals surface area contributed by atoms with E-state index in [1.165, 1.54) is 13.1 Å². The Morgan fingerprint density at radius 1 is 1.00 bits per heavy atom. The third kappa shape index (κ3) is 6.42. The van der Waals surface area contributed by atoms with E-state index in [-0.39, 0.29) is 5.91 Å². The van der Waals surface area contributed by atoms with Crippen LogP contribution in [-0.2, 0) is 9.53 Å². The molecule has 2 amide bonds. The maximum atomic E-state index is 12.2. The molecule has 7 heteroatoms. The fourth-order valence-corrected chi connectivity index (χ4v) is 2.27. The van der Waals surface area contributed by atoms with Crippen molar-refractivity contribution in [1.29, 1.82) is 0 Å². The molecule has 0 aliphatic heterocycles. The van der Waals surface area contributed by atoms with E-state index < -0.39 is 18.5 Å². The molecule has 2 aromatic rings. The molecule has 0 aliphatic rings. The van der Waals surface area contributed by atoms with Crippen molar-refractivity contribution in [3.8, 4) is 5.75 Å². The lowest BCUT2D eigenvalue weighted by molar-refractivity contribution is -0.119. The van der Waals surface area contributed by atoms with Gasteiger partial charge in [0.1, 0.15) is 5.75 Å². The second kappa shape index (κ2) is 10.1. The van der Waals surface area contributed by atoms with E-state index in [1.54, 1.807) is 42.5 Å². The Morgan fingerprint density at radius 2 is 1.71 bits per heavy atom. The number of amides is 2. The molecule has 0 bridgehead atoms. The van der Waals surface area contributed by atoms with Crippen LogP contribution >= 0.6 is 0 Å². The molecular weight excluding hydrogens is 360 g/mol. The molecule has 2 aromatic carbocycles. The van der Waals surface area contributed by atoms with Gasteiger partial charge in [0.05, 0.1) is 12.2 Å². The highest BCUT2D eigenvalue weighted by Crippen LogP contribution is 2.15. The minimum atomic E-state index is -0.621. The number of ether oxygens (including phenoxy) is 2. The fraction of sp³-hybridized carbons (Fsp3) is 0.286. The molecule has 0 radical (unpaired) electrons. The smallest absolute Gasteiger partial charge is 0.338 e. The molecule has 0 heterocycles. The molecule has 28 heavy (non-hydrogen) atoms. The van der Waals surface area contributed by atoms with Crippen molar-refractivity contribution in [1.82, 2.24) is 5.32 Å². The molecule has 0 aromatic heterocycles. The summed E-state index contributed by atoms with van der Waals surface area (Å²) in [4.78, 5) is 35.8. The number of anilines is 1. The lowest BCUT2D eigenvalue weighted by atomic mass is 10.2. The average molecular weight is 384 g/mol. The number of benzene rings is 2. The Labute approximate surface area is 164 Å². The van der Waals surface area contributed by atoms with Crippen molar-refractivity contribution in [3.63, 3.8) is 0 Å². The van der Waals surface area contributed by atoms with E-state index in [0.717, 1.165) is 0 Å². The second-order valence-electron chi connectivity index (χ2n) is 6.52. The minimum absolute atomic E-state index is 0.262. The highest BCUT2D eigenvalue weighted by atomic mass is 16.5. The molecule has 7 nitrogen and oxygen atoms in total. The second-order valence-corrected chi connectivity index (χ2v) is 6.52. The van der Waals surface area contributed by atoms with Gasteiger partial charge in [-0.1, -0.05) is 26.0 Å². The van der Waals surface area contributed by atoms with E-state index in [0.29, 0.717) is 35.1 Å². The highest BCUT2D eigenvalue weighted by molar-refractivity contribution is 5.98. The maximum Gasteiger partial charge on any atom is 0.338 e. The topological polar surface area (TPSA) is 93.7 Å². The van der Waals surface area contributed by atoms with E-state index in [2.05, 4.69) is 10.6 Å². The third-order valence-electron chi connectivity index (χ3n) is 3.62. The Hall–Kier alpha value is -3.35. The predicted octanol–water partition coefficient (Wildman–Crippen LogP) is 2.88. The van der Waals surface area contributed by atoms with E-state index >= 15 is 0 Å². The standard InChI is InChI=1S/C21H24N2O5/c1-14(2)12-27-18-9-5-7-16(11-18)21(26)28-13-19(24)23-17-8-4-6-15(10-17)20(25)22-3/h4-11,14H,12-13H2,1-3H3,(H,22,25)(H,23,24). The summed E-state index contributed by atoms with van der Waals surface area (Å²) in [5, 5.41) is 5.10. The molecule has 2 rings (SSSR count). The van der Waals surface area contributed by atoms with Crippen LogP contribution < -0.4 is 15.4 Å². The van der Waals surface area contributed by atoms with Crippen molar-refractivity contribution < 1.29 is 23.9 Å². The highest BCUT2D eigenvalue weighted by Gasteiger charge is 2.12. The van der Waals surface area contributed by atoms with Crippen molar-refractivity contribution in [2.45, 2.75) is 13.8 Å². The van der Waals surface area contributed by atoms with Gasteiger partial charge in [-0.25, -0.2) is 4.79 Å². The SMILES string of the molecule is CNC(=O)c1cccc(NC(=O)COC(=O)c2cccc(OCC(C)C)c2)c1. The minimum Gasteiger partial charge on any atom is -0.493 e. The molecule has 0 aliphatic carbocycles. The zero-order chi connectivity index (χ0) is 20.5. The Kier molecular flexibility index (Phi) is 7.56. The summed E-state index contributed by atoms with van der Waals surface area (Å²) < 4.78 is 10.6. The van der Waals surface area contributed by atoms with Crippen LogP contribution in [0.5, 0.6) is 5.75 Å². The van der Waals surface area contributed by atoms with Crippen molar-refractivity contribution >= 4 is 23.5 Å². The quantitative estimate of drug-likeness (QED) is 0.683. The molecule has 0 spiro atoms.